The zero-order valence-corrected chi connectivity index (χ0v) is 19.7. The number of benzene rings is 2. The zero-order valence-electron chi connectivity index (χ0n) is 19.7. The van der Waals surface area contributed by atoms with E-state index < -0.39 is 5.92 Å². The highest BCUT2D eigenvalue weighted by Crippen LogP contribution is 2.29. The van der Waals surface area contributed by atoms with Crippen LogP contribution in [0.25, 0.3) is 33.4 Å². The highest BCUT2D eigenvalue weighted by Gasteiger charge is 2.36. The molecule has 3 N–H and O–H groups in total. The Labute approximate surface area is 210 Å². The van der Waals surface area contributed by atoms with Crippen LogP contribution in [0.1, 0.15) is 23.3 Å². The molecule has 1 aliphatic heterocycles. The van der Waals surface area contributed by atoms with Crippen LogP contribution in [0.15, 0.2) is 73.2 Å². The number of carbonyl (C=O) groups excluding carboxylic acids is 1. The zero-order chi connectivity index (χ0) is 25.4. The largest absolute Gasteiger partial charge is 0.351 e. The van der Waals surface area contributed by atoms with E-state index in [0.717, 1.165) is 33.3 Å². The third kappa shape index (κ3) is 4.77. The van der Waals surface area contributed by atoms with Gasteiger partial charge >= 0.3 is 0 Å². The molecule has 1 aliphatic rings. The fourth-order valence-electron chi connectivity index (χ4n) is 4.46. The van der Waals surface area contributed by atoms with Crippen molar-refractivity contribution in [3.63, 3.8) is 0 Å². The Morgan fingerprint density at radius 1 is 0.973 bits per heavy atom. The van der Waals surface area contributed by atoms with Gasteiger partial charge in [-0.25, -0.2) is 18.7 Å². The van der Waals surface area contributed by atoms with Gasteiger partial charge in [0.25, 0.3) is 11.8 Å². The van der Waals surface area contributed by atoms with E-state index in [0.29, 0.717) is 17.3 Å². The summed E-state index contributed by atoms with van der Waals surface area (Å²) >= 11 is 0. The molecule has 0 bridgehead atoms. The fourth-order valence-corrected chi connectivity index (χ4v) is 4.46. The van der Waals surface area contributed by atoms with Crippen molar-refractivity contribution in [3.05, 3.63) is 78.9 Å². The van der Waals surface area contributed by atoms with Gasteiger partial charge in [-0.05, 0) is 35.9 Å². The molecule has 1 saturated heterocycles. The lowest BCUT2D eigenvalue weighted by atomic mass is 10.1. The highest BCUT2D eigenvalue weighted by molar-refractivity contribution is 5.98. The molecule has 186 valence electrons. The Hall–Kier alpha value is -4.60. The summed E-state index contributed by atoms with van der Waals surface area (Å²) in [6.07, 6.45) is 4.69. The van der Waals surface area contributed by atoms with Crippen molar-refractivity contribution in [1.82, 2.24) is 30.0 Å². The second-order valence-corrected chi connectivity index (χ2v) is 9.09. The van der Waals surface area contributed by atoms with Crippen LogP contribution >= 0.6 is 0 Å². The van der Waals surface area contributed by atoms with Crippen LogP contribution in [-0.4, -0.2) is 55.0 Å². The number of halogens is 2. The molecule has 1 fully saturated rings. The van der Waals surface area contributed by atoms with E-state index in [2.05, 4.69) is 30.5 Å². The van der Waals surface area contributed by atoms with Crippen LogP contribution < -0.4 is 5.32 Å². The van der Waals surface area contributed by atoms with Crippen molar-refractivity contribution < 1.29 is 13.6 Å². The average Bonchev–Trinajstić information content (AvgIpc) is 3.59. The molecule has 0 saturated carbocycles. The number of H-pyrrole nitrogens is 2. The first-order valence-corrected chi connectivity index (χ1v) is 11.9. The van der Waals surface area contributed by atoms with E-state index in [4.69, 9.17) is 0 Å². The predicted octanol–water partition coefficient (Wildman–Crippen LogP) is 5.63. The monoisotopic (exact) mass is 499 g/mol. The molecule has 0 atom stereocenters. The minimum atomic E-state index is -2.70. The van der Waals surface area contributed by atoms with E-state index in [1.54, 1.807) is 24.5 Å². The molecule has 0 radical (unpaired) electrons. The number of amides is 1. The number of aromatic amines is 2. The minimum absolute atomic E-state index is 0.0478. The topological polar surface area (TPSA) is 103 Å². The van der Waals surface area contributed by atoms with Gasteiger partial charge in [0.2, 0.25) is 0 Å². The average molecular weight is 500 g/mol. The van der Waals surface area contributed by atoms with Crippen LogP contribution in [0.3, 0.4) is 0 Å². The number of likely N-dealkylation sites (tertiary alicyclic amines) is 1. The highest BCUT2D eigenvalue weighted by atomic mass is 19.3. The van der Waals surface area contributed by atoms with Gasteiger partial charge in [-0.3, -0.25) is 9.89 Å². The van der Waals surface area contributed by atoms with Crippen molar-refractivity contribution in [2.75, 3.05) is 18.4 Å². The summed E-state index contributed by atoms with van der Waals surface area (Å²) in [6.45, 7) is 0.0955. The summed E-state index contributed by atoms with van der Waals surface area (Å²) in [7, 11) is 0. The Morgan fingerprint density at radius 2 is 1.76 bits per heavy atom. The first-order chi connectivity index (χ1) is 17.9. The van der Waals surface area contributed by atoms with Crippen molar-refractivity contribution in [3.8, 4) is 22.5 Å². The summed E-state index contributed by atoms with van der Waals surface area (Å²) in [6, 6.07) is 17.2. The van der Waals surface area contributed by atoms with Gasteiger partial charge in [-0.1, -0.05) is 24.3 Å². The summed E-state index contributed by atoms with van der Waals surface area (Å²) in [5.74, 6) is -1.79. The maximum absolute atomic E-state index is 13.5. The lowest BCUT2D eigenvalue weighted by Gasteiger charge is -2.31. The lowest BCUT2D eigenvalue weighted by Crippen LogP contribution is -2.42. The maximum atomic E-state index is 13.5. The summed E-state index contributed by atoms with van der Waals surface area (Å²) in [4.78, 5) is 26.5. The van der Waals surface area contributed by atoms with Gasteiger partial charge in [-0.15, -0.1) is 0 Å². The van der Waals surface area contributed by atoms with E-state index >= 15 is 0 Å². The van der Waals surface area contributed by atoms with E-state index in [1.807, 2.05) is 48.7 Å². The molecule has 10 heteroatoms. The quantitative estimate of drug-likeness (QED) is 0.291. The molecular weight excluding hydrogens is 476 g/mol. The molecule has 6 rings (SSSR count). The summed E-state index contributed by atoms with van der Waals surface area (Å²) < 4.78 is 26.9. The van der Waals surface area contributed by atoms with Crippen LogP contribution in [0.5, 0.6) is 0 Å². The molecule has 8 nitrogen and oxygen atoms in total. The Balaban J connectivity index is 1.19. The number of anilines is 2. The second-order valence-electron chi connectivity index (χ2n) is 9.09. The molecule has 0 aliphatic carbocycles. The van der Waals surface area contributed by atoms with E-state index in [-0.39, 0.29) is 31.8 Å². The Bertz CT molecular complexity index is 1550. The van der Waals surface area contributed by atoms with E-state index in [9.17, 15) is 13.6 Å². The van der Waals surface area contributed by atoms with Crippen LogP contribution in [0, 0.1) is 0 Å². The summed E-state index contributed by atoms with van der Waals surface area (Å²) in [5, 5.41) is 10.9. The van der Waals surface area contributed by atoms with Crippen molar-refractivity contribution >= 4 is 28.3 Å². The van der Waals surface area contributed by atoms with Gasteiger partial charge in [0.1, 0.15) is 11.5 Å². The number of carbonyl (C=O) groups is 1. The van der Waals surface area contributed by atoms with Gasteiger partial charge in [0, 0.05) is 66.0 Å². The van der Waals surface area contributed by atoms with Crippen molar-refractivity contribution in [2.24, 2.45) is 0 Å². The number of aromatic nitrogens is 5. The number of nitrogens with one attached hydrogen (secondary N) is 3. The number of nitrogens with zero attached hydrogens (tertiary/aromatic N) is 4. The number of rotatable bonds is 5. The van der Waals surface area contributed by atoms with Crippen molar-refractivity contribution in [1.29, 1.82) is 0 Å². The fraction of sp³-hybridized carbons (Fsp3) is 0.185. The molecule has 3 aromatic heterocycles. The molecular formula is C27H23F2N7O. The third-order valence-corrected chi connectivity index (χ3v) is 6.54. The van der Waals surface area contributed by atoms with Crippen molar-refractivity contribution in [2.45, 2.75) is 18.8 Å². The first kappa shape index (κ1) is 22.8. The minimum Gasteiger partial charge on any atom is -0.351 e. The summed E-state index contributed by atoms with van der Waals surface area (Å²) in [5.41, 5.74) is 4.86. The first-order valence-electron chi connectivity index (χ1n) is 11.9. The molecule has 2 aromatic carbocycles. The SMILES string of the molecule is O=C(c1cc2ccc(-c3nccc(Nc4ccc(-c5cn[nH]c5)cc4)n3)cc2[nH]1)N1CCC(F)(F)CC1. The van der Waals surface area contributed by atoms with Crippen LogP contribution in [-0.2, 0) is 0 Å². The Kier molecular flexibility index (Phi) is 5.63. The smallest absolute Gasteiger partial charge is 0.270 e. The predicted molar refractivity (Wildman–Crippen MR) is 137 cm³/mol. The Morgan fingerprint density at radius 3 is 2.51 bits per heavy atom. The molecule has 0 unspecified atom stereocenters. The van der Waals surface area contributed by atoms with Gasteiger partial charge in [0.15, 0.2) is 5.82 Å². The molecule has 4 heterocycles. The van der Waals surface area contributed by atoms with Crippen LogP contribution in [0.2, 0.25) is 0 Å². The standard InChI is InChI=1S/C27H23F2N7O/c28-27(29)8-11-36(12-9-27)26(37)23-13-18-1-2-19(14-22(18)34-23)25-30-10-7-24(35-25)33-21-5-3-17(4-6-21)20-15-31-32-16-20/h1-7,10,13-16,34H,8-9,11-12H2,(H,31,32)(H,30,33,35). The number of piperidine rings is 1. The number of hydrogen-bond acceptors (Lipinski definition) is 5. The molecule has 37 heavy (non-hydrogen) atoms. The number of alkyl halides is 2. The molecule has 5 aromatic rings. The third-order valence-electron chi connectivity index (χ3n) is 6.54. The van der Waals surface area contributed by atoms with E-state index in [1.165, 1.54) is 4.90 Å². The van der Waals surface area contributed by atoms with Gasteiger partial charge in [-0.2, -0.15) is 5.10 Å². The molecule has 1 amide bonds. The molecule has 0 spiro atoms. The van der Waals surface area contributed by atoms with Crippen LogP contribution in [0.4, 0.5) is 20.3 Å². The number of hydrogen-bond donors (Lipinski definition) is 3. The number of fused-ring (bicyclic) bond motifs is 1. The van der Waals surface area contributed by atoms with Gasteiger partial charge in [0.05, 0.1) is 6.20 Å². The normalized spacial score (nSPS) is 15.1. The maximum Gasteiger partial charge on any atom is 0.270 e. The van der Waals surface area contributed by atoms with Gasteiger partial charge < -0.3 is 15.2 Å². The second kappa shape index (κ2) is 9.12. The lowest BCUT2D eigenvalue weighted by molar-refractivity contribution is -0.0495.